The van der Waals surface area contributed by atoms with Gasteiger partial charge in [-0.25, -0.2) is 8.42 Å². The van der Waals surface area contributed by atoms with Crippen molar-refractivity contribution < 1.29 is 17.9 Å². The minimum absolute atomic E-state index is 0.0133. The van der Waals surface area contributed by atoms with Crippen LogP contribution in [0.5, 0.6) is 5.75 Å². The number of nitrogens with zero attached hydrogens (tertiary/aromatic N) is 2. The SMILES string of the molecule is COc1ccc(S(=O)(=O)N2CCC[C@H](C(=O)N3c4ccc(Br)cc4C[C@@H]3C)C2)cc1C. The van der Waals surface area contributed by atoms with Crippen molar-refractivity contribution in [2.75, 3.05) is 25.1 Å². The number of piperidine rings is 1. The Kier molecular flexibility index (Phi) is 6.16. The number of aryl methyl sites for hydroxylation is 1. The molecule has 0 aromatic heterocycles. The summed E-state index contributed by atoms with van der Waals surface area (Å²) in [6, 6.07) is 10.9. The number of methoxy groups -OCH3 is 1. The quantitative estimate of drug-likeness (QED) is 0.624. The third-order valence-electron chi connectivity index (χ3n) is 6.23. The Balaban J connectivity index is 1.56. The Morgan fingerprint density at radius 2 is 1.97 bits per heavy atom. The molecule has 0 radical (unpaired) electrons. The van der Waals surface area contributed by atoms with Crippen LogP contribution in [-0.4, -0.2) is 44.9 Å². The Hall–Kier alpha value is -1.90. The van der Waals surface area contributed by atoms with Gasteiger partial charge in [0.1, 0.15) is 5.75 Å². The number of carbonyl (C=O) groups is 1. The van der Waals surface area contributed by atoms with Crippen molar-refractivity contribution in [1.29, 1.82) is 0 Å². The zero-order valence-corrected chi connectivity index (χ0v) is 20.4. The molecule has 31 heavy (non-hydrogen) atoms. The minimum atomic E-state index is -3.68. The van der Waals surface area contributed by atoms with Crippen molar-refractivity contribution in [2.45, 2.75) is 44.0 Å². The monoisotopic (exact) mass is 506 g/mol. The number of fused-ring (bicyclic) bond motifs is 1. The van der Waals surface area contributed by atoms with Crippen LogP contribution in [0.1, 0.15) is 30.9 Å². The molecule has 2 aromatic rings. The van der Waals surface area contributed by atoms with Gasteiger partial charge >= 0.3 is 0 Å². The zero-order chi connectivity index (χ0) is 22.3. The average Bonchev–Trinajstić information content (AvgIpc) is 3.07. The van der Waals surface area contributed by atoms with E-state index in [2.05, 4.69) is 22.0 Å². The molecule has 8 heteroatoms. The number of hydrogen-bond donors (Lipinski definition) is 0. The summed E-state index contributed by atoms with van der Waals surface area (Å²) in [6.07, 6.45) is 2.17. The van der Waals surface area contributed by atoms with E-state index in [-0.39, 0.29) is 29.3 Å². The third-order valence-corrected chi connectivity index (χ3v) is 8.59. The van der Waals surface area contributed by atoms with Crippen LogP contribution in [0.3, 0.4) is 0 Å². The van der Waals surface area contributed by atoms with Gasteiger partial charge in [0.05, 0.1) is 17.9 Å². The van der Waals surface area contributed by atoms with E-state index in [1.54, 1.807) is 25.3 Å². The summed E-state index contributed by atoms with van der Waals surface area (Å²) >= 11 is 3.50. The number of sulfonamides is 1. The van der Waals surface area contributed by atoms with Crippen LogP contribution in [0.4, 0.5) is 5.69 Å². The van der Waals surface area contributed by atoms with Gasteiger partial charge in [-0.05, 0) is 80.6 Å². The molecule has 0 bridgehead atoms. The molecule has 4 rings (SSSR count). The predicted octanol–water partition coefficient (Wildman–Crippen LogP) is 4.14. The topological polar surface area (TPSA) is 66.9 Å². The number of halogens is 1. The first-order chi connectivity index (χ1) is 14.7. The van der Waals surface area contributed by atoms with E-state index >= 15 is 0 Å². The van der Waals surface area contributed by atoms with Gasteiger partial charge in [-0.2, -0.15) is 4.31 Å². The van der Waals surface area contributed by atoms with E-state index < -0.39 is 10.0 Å². The Labute approximate surface area is 192 Å². The lowest BCUT2D eigenvalue weighted by atomic mass is 9.97. The van der Waals surface area contributed by atoms with Crippen LogP contribution < -0.4 is 9.64 Å². The Morgan fingerprint density at radius 1 is 1.19 bits per heavy atom. The first-order valence-corrected chi connectivity index (χ1v) is 12.7. The van der Waals surface area contributed by atoms with Crippen molar-refractivity contribution in [3.05, 3.63) is 52.0 Å². The van der Waals surface area contributed by atoms with Crippen LogP contribution in [0.15, 0.2) is 45.8 Å². The van der Waals surface area contributed by atoms with Crippen molar-refractivity contribution in [3.63, 3.8) is 0 Å². The number of benzene rings is 2. The molecule has 2 aromatic carbocycles. The summed E-state index contributed by atoms with van der Waals surface area (Å²) in [5.74, 6) is 0.318. The fraction of sp³-hybridized carbons (Fsp3) is 0.435. The fourth-order valence-electron chi connectivity index (χ4n) is 4.65. The molecule has 0 unspecified atom stereocenters. The van der Waals surface area contributed by atoms with E-state index in [0.29, 0.717) is 25.1 Å². The van der Waals surface area contributed by atoms with Gasteiger partial charge in [-0.15, -0.1) is 0 Å². The van der Waals surface area contributed by atoms with Crippen LogP contribution in [0, 0.1) is 12.8 Å². The lowest BCUT2D eigenvalue weighted by Crippen LogP contribution is -2.48. The normalized spacial score (nSPS) is 21.7. The predicted molar refractivity (Wildman–Crippen MR) is 124 cm³/mol. The first kappa shape index (κ1) is 22.3. The van der Waals surface area contributed by atoms with Crippen LogP contribution in [0.25, 0.3) is 0 Å². The summed E-state index contributed by atoms with van der Waals surface area (Å²) in [7, 11) is -2.12. The van der Waals surface area contributed by atoms with Gasteiger partial charge in [0.25, 0.3) is 0 Å². The largest absolute Gasteiger partial charge is 0.496 e. The molecule has 1 amide bonds. The van der Waals surface area contributed by atoms with Gasteiger partial charge in [-0.1, -0.05) is 15.9 Å². The van der Waals surface area contributed by atoms with E-state index in [1.165, 1.54) is 4.31 Å². The summed E-state index contributed by atoms with van der Waals surface area (Å²) in [6.45, 7) is 4.51. The maximum atomic E-state index is 13.5. The highest BCUT2D eigenvalue weighted by atomic mass is 79.9. The second-order valence-corrected chi connectivity index (χ2v) is 11.2. The number of carbonyl (C=O) groups excluding carboxylic acids is 1. The number of rotatable bonds is 4. The smallest absolute Gasteiger partial charge is 0.243 e. The first-order valence-electron chi connectivity index (χ1n) is 10.5. The Bertz CT molecular complexity index is 1120. The number of ether oxygens (including phenoxy) is 1. The standard InChI is InChI=1S/C23H27BrN2O4S/c1-15-11-20(7-9-22(15)30-3)31(28,29)25-10-4-5-17(14-25)23(27)26-16(2)12-18-13-19(24)6-8-21(18)26/h6-9,11,13,16-17H,4-5,10,12,14H2,1-3H3/t16-,17-/m0/s1. The van der Waals surface area contributed by atoms with E-state index in [1.807, 2.05) is 30.9 Å². The molecule has 6 nitrogen and oxygen atoms in total. The molecule has 1 saturated heterocycles. The van der Waals surface area contributed by atoms with Crippen LogP contribution in [0.2, 0.25) is 0 Å². The van der Waals surface area contributed by atoms with Crippen molar-refractivity contribution in [2.24, 2.45) is 5.92 Å². The highest BCUT2D eigenvalue weighted by molar-refractivity contribution is 9.10. The molecule has 2 heterocycles. The van der Waals surface area contributed by atoms with Gasteiger partial charge < -0.3 is 9.64 Å². The lowest BCUT2D eigenvalue weighted by molar-refractivity contribution is -0.123. The van der Waals surface area contributed by atoms with E-state index in [0.717, 1.165) is 27.7 Å². The highest BCUT2D eigenvalue weighted by Crippen LogP contribution is 2.36. The second-order valence-electron chi connectivity index (χ2n) is 8.37. The molecule has 0 aliphatic carbocycles. The van der Waals surface area contributed by atoms with Gasteiger partial charge in [0, 0.05) is 29.3 Å². The van der Waals surface area contributed by atoms with Crippen molar-refractivity contribution in [1.82, 2.24) is 4.31 Å². The van der Waals surface area contributed by atoms with Crippen molar-refractivity contribution in [3.8, 4) is 5.75 Å². The lowest BCUT2D eigenvalue weighted by Gasteiger charge is -2.34. The minimum Gasteiger partial charge on any atom is -0.496 e. The number of hydrogen-bond acceptors (Lipinski definition) is 4. The zero-order valence-electron chi connectivity index (χ0n) is 18.0. The second kappa shape index (κ2) is 8.56. The van der Waals surface area contributed by atoms with E-state index in [9.17, 15) is 13.2 Å². The molecule has 2 aliphatic heterocycles. The molecular formula is C23H27BrN2O4S. The van der Waals surface area contributed by atoms with Gasteiger partial charge in [-0.3, -0.25) is 4.79 Å². The third kappa shape index (κ3) is 4.13. The van der Waals surface area contributed by atoms with Crippen LogP contribution >= 0.6 is 15.9 Å². The molecule has 166 valence electrons. The summed E-state index contributed by atoms with van der Waals surface area (Å²) < 4.78 is 34.3. The molecular weight excluding hydrogens is 480 g/mol. The van der Waals surface area contributed by atoms with Crippen molar-refractivity contribution >= 4 is 37.5 Å². The number of anilines is 1. The Morgan fingerprint density at radius 3 is 2.68 bits per heavy atom. The molecule has 2 atom stereocenters. The van der Waals surface area contributed by atoms with Gasteiger partial charge in [0.2, 0.25) is 15.9 Å². The molecule has 2 aliphatic rings. The summed E-state index contributed by atoms with van der Waals surface area (Å²) in [4.78, 5) is 15.6. The summed E-state index contributed by atoms with van der Waals surface area (Å²) in [5.41, 5.74) is 2.84. The van der Waals surface area contributed by atoms with Crippen LogP contribution in [-0.2, 0) is 21.2 Å². The molecule has 1 fully saturated rings. The van der Waals surface area contributed by atoms with E-state index in [4.69, 9.17) is 4.74 Å². The van der Waals surface area contributed by atoms with Gasteiger partial charge in [0.15, 0.2) is 0 Å². The highest BCUT2D eigenvalue weighted by Gasteiger charge is 2.39. The maximum Gasteiger partial charge on any atom is 0.243 e. The maximum absolute atomic E-state index is 13.5. The fourth-order valence-corrected chi connectivity index (χ4v) is 6.67. The number of amides is 1. The molecule has 0 spiro atoms. The summed E-state index contributed by atoms with van der Waals surface area (Å²) in [5, 5.41) is 0. The molecule has 0 saturated carbocycles. The molecule has 0 N–H and O–H groups in total. The average molecular weight is 507 g/mol.